The second-order valence-electron chi connectivity index (χ2n) is 5.41. The number of anilines is 1. The lowest BCUT2D eigenvalue weighted by atomic mass is 10.1. The number of fused-ring (bicyclic) bond motifs is 1. The van der Waals surface area contributed by atoms with Crippen molar-refractivity contribution in [3.05, 3.63) is 82.9 Å². The van der Waals surface area contributed by atoms with Gasteiger partial charge in [0.1, 0.15) is 0 Å². The molecule has 4 aromatic rings. The molecule has 4 rings (SSSR count). The Morgan fingerprint density at radius 2 is 1.72 bits per heavy atom. The number of aromatic amines is 1. The van der Waals surface area contributed by atoms with Crippen LogP contribution < -0.4 is 10.9 Å². The van der Waals surface area contributed by atoms with Gasteiger partial charge in [0.2, 0.25) is 5.56 Å². The van der Waals surface area contributed by atoms with Gasteiger partial charge in [-0.25, -0.2) is 0 Å². The monoisotopic (exact) mass is 331 g/mol. The largest absolute Gasteiger partial charge is 0.322 e. The standard InChI is InChI=1S/C18H13N5O2/c24-17-11-15(14-3-1-2-4-16(14)22-17)18(25)21-12-5-7-13(8-6-12)23-19-9-10-20-23/h1-11H,(H,21,25)(H,22,24). The number of aromatic nitrogens is 4. The van der Waals surface area contributed by atoms with Crippen molar-refractivity contribution >= 4 is 22.5 Å². The molecule has 0 spiro atoms. The van der Waals surface area contributed by atoms with Gasteiger partial charge in [0.15, 0.2) is 0 Å². The van der Waals surface area contributed by atoms with E-state index in [9.17, 15) is 9.59 Å². The summed E-state index contributed by atoms with van der Waals surface area (Å²) in [4.78, 5) is 28.6. The molecule has 1 amide bonds. The van der Waals surface area contributed by atoms with Gasteiger partial charge in [-0.15, -0.1) is 0 Å². The predicted molar refractivity (Wildman–Crippen MR) is 93.9 cm³/mol. The molecule has 0 saturated heterocycles. The van der Waals surface area contributed by atoms with E-state index in [1.165, 1.54) is 10.9 Å². The van der Waals surface area contributed by atoms with E-state index in [0.29, 0.717) is 22.2 Å². The third-order valence-corrected chi connectivity index (χ3v) is 3.77. The Kier molecular flexibility index (Phi) is 3.59. The van der Waals surface area contributed by atoms with Crippen LogP contribution in [0.2, 0.25) is 0 Å². The fourth-order valence-corrected chi connectivity index (χ4v) is 2.62. The molecule has 0 radical (unpaired) electrons. The summed E-state index contributed by atoms with van der Waals surface area (Å²) in [7, 11) is 0. The summed E-state index contributed by atoms with van der Waals surface area (Å²) in [6.45, 7) is 0. The molecule has 25 heavy (non-hydrogen) atoms. The molecule has 122 valence electrons. The third-order valence-electron chi connectivity index (χ3n) is 3.77. The third kappa shape index (κ3) is 2.90. The number of hydrogen-bond acceptors (Lipinski definition) is 4. The lowest BCUT2D eigenvalue weighted by molar-refractivity contribution is 0.102. The summed E-state index contributed by atoms with van der Waals surface area (Å²) in [5.74, 6) is -0.340. The summed E-state index contributed by atoms with van der Waals surface area (Å²) in [5, 5.41) is 11.6. The zero-order valence-corrected chi connectivity index (χ0v) is 13.0. The first kappa shape index (κ1) is 14.8. The molecular weight excluding hydrogens is 318 g/mol. The van der Waals surface area contributed by atoms with Gasteiger partial charge < -0.3 is 10.3 Å². The zero-order chi connectivity index (χ0) is 17.2. The number of nitrogens with one attached hydrogen (secondary N) is 2. The number of pyridine rings is 1. The van der Waals surface area contributed by atoms with E-state index < -0.39 is 0 Å². The minimum Gasteiger partial charge on any atom is -0.322 e. The summed E-state index contributed by atoms with van der Waals surface area (Å²) in [5.41, 5.74) is 2.04. The van der Waals surface area contributed by atoms with Crippen LogP contribution in [0.5, 0.6) is 0 Å². The van der Waals surface area contributed by atoms with Crippen LogP contribution in [0.4, 0.5) is 5.69 Å². The lowest BCUT2D eigenvalue weighted by Crippen LogP contribution is -2.16. The Morgan fingerprint density at radius 1 is 1.00 bits per heavy atom. The molecule has 2 aromatic heterocycles. The number of carbonyl (C=O) groups excluding carboxylic acids is 1. The molecule has 7 heteroatoms. The van der Waals surface area contributed by atoms with Gasteiger partial charge in [0, 0.05) is 22.7 Å². The van der Waals surface area contributed by atoms with Gasteiger partial charge in [-0.1, -0.05) is 18.2 Å². The van der Waals surface area contributed by atoms with E-state index in [2.05, 4.69) is 20.5 Å². The van der Waals surface area contributed by atoms with Crippen molar-refractivity contribution in [2.45, 2.75) is 0 Å². The Bertz CT molecular complexity index is 1100. The van der Waals surface area contributed by atoms with Crippen LogP contribution in [0.1, 0.15) is 10.4 Å². The molecule has 2 heterocycles. The van der Waals surface area contributed by atoms with E-state index in [4.69, 9.17) is 0 Å². The van der Waals surface area contributed by atoms with Crippen molar-refractivity contribution in [2.24, 2.45) is 0 Å². The molecule has 2 aromatic carbocycles. The fourth-order valence-electron chi connectivity index (χ4n) is 2.62. The molecule has 0 saturated carbocycles. The van der Waals surface area contributed by atoms with Crippen molar-refractivity contribution < 1.29 is 4.79 Å². The number of H-pyrrole nitrogens is 1. The van der Waals surface area contributed by atoms with E-state index in [0.717, 1.165) is 5.69 Å². The Balaban J connectivity index is 1.63. The van der Waals surface area contributed by atoms with E-state index in [1.807, 2.05) is 12.1 Å². The van der Waals surface area contributed by atoms with Crippen molar-refractivity contribution in [1.29, 1.82) is 0 Å². The highest BCUT2D eigenvalue weighted by atomic mass is 16.2. The number of amides is 1. The van der Waals surface area contributed by atoms with Gasteiger partial charge in [0.25, 0.3) is 5.91 Å². The number of para-hydroxylation sites is 1. The lowest BCUT2D eigenvalue weighted by Gasteiger charge is -2.08. The van der Waals surface area contributed by atoms with Crippen LogP contribution in [0.3, 0.4) is 0 Å². The SMILES string of the molecule is O=C(Nc1ccc(-n2nccn2)cc1)c1cc(=O)[nH]c2ccccc12. The maximum absolute atomic E-state index is 12.6. The highest BCUT2D eigenvalue weighted by Gasteiger charge is 2.12. The molecule has 0 aliphatic rings. The quantitative estimate of drug-likeness (QED) is 0.603. The number of benzene rings is 2. The molecule has 0 atom stereocenters. The zero-order valence-electron chi connectivity index (χ0n) is 13.0. The summed E-state index contributed by atoms with van der Waals surface area (Å²) >= 11 is 0. The van der Waals surface area contributed by atoms with E-state index in [-0.39, 0.29) is 11.5 Å². The van der Waals surface area contributed by atoms with Gasteiger partial charge in [-0.3, -0.25) is 9.59 Å². The first-order valence-electron chi connectivity index (χ1n) is 7.61. The maximum atomic E-state index is 12.6. The Morgan fingerprint density at radius 3 is 2.48 bits per heavy atom. The van der Waals surface area contributed by atoms with Crippen LogP contribution in [-0.4, -0.2) is 25.9 Å². The average molecular weight is 331 g/mol. The van der Waals surface area contributed by atoms with Crippen LogP contribution in [0.15, 0.2) is 71.8 Å². The van der Waals surface area contributed by atoms with Crippen LogP contribution in [-0.2, 0) is 0 Å². The molecular formula is C18H13N5O2. The van der Waals surface area contributed by atoms with E-state index in [1.54, 1.807) is 48.8 Å². The van der Waals surface area contributed by atoms with Crippen LogP contribution >= 0.6 is 0 Å². The van der Waals surface area contributed by atoms with Crippen molar-refractivity contribution in [3.8, 4) is 5.69 Å². The smallest absolute Gasteiger partial charge is 0.256 e. The Hall–Kier alpha value is -3.74. The van der Waals surface area contributed by atoms with Gasteiger partial charge in [-0.2, -0.15) is 15.0 Å². The van der Waals surface area contributed by atoms with E-state index >= 15 is 0 Å². The van der Waals surface area contributed by atoms with Gasteiger partial charge in [-0.05, 0) is 30.3 Å². The molecule has 2 N–H and O–H groups in total. The Labute approximate surface area is 141 Å². The summed E-state index contributed by atoms with van der Waals surface area (Å²) in [6, 6.07) is 15.6. The molecule has 0 aliphatic heterocycles. The second-order valence-corrected chi connectivity index (χ2v) is 5.41. The number of rotatable bonds is 3. The van der Waals surface area contributed by atoms with Gasteiger partial charge >= 0.3 is 0 Å². The summed E-state index contributed by atoms with van der Waals surface area (Å²) < 4.78 is 0. The topological polar surface area (TPSA) is 92.7 Å². The highest BCUT2D eigenvalue weighted by molar-refractivity contribution is 6.12. The second kappa shape index (κ2) is 6.04. The minimum atomic E-state index is -0.340. The number of nitrogens with zero attached hydrogens (tertiary/aromatic N) is 3. The molecule has 7 nitrogen and oxygen atoms in total. The normalized spacial score (nSPS) is 10.7. The number of hydrogen-bond donors (Lipinski definition) is 2. The van der Waals surface area contributed by atoms with Crippen LogP contribution in [0, 0.1) is 0 Å². The first-order valence-corrected chi connectivity index (χ1v) is 7.61. The maximum Gasteiger partial charge on any atom is 0.256 e. The molecule has 0 aliphatic carbocycles. The highest BCUT2D eigenvalue weighted by Crippen LogP contribution is 2.17. The first-order chi connectivity index (χ1) is 12.2. The predicted octanol–water partition coefficient (Wildman–Crippen LogP) is 2.36. The number of carbonyl (C=O) groups is 1. The minimum absolute atomic E-state index is 0.316. The molecule has 0 bridgehead atoms. The summed E-state index contributed by atoms with van der Waals surface area (Å²) in [6.07, 6.45) is 3.18. The molecule has 0 fully saturated rings. The van der Waals surface area contributed by atoms with Gasteiger partial charge in [0.05, 0.1) is 23.6 Å². The van der Waals surface area contributed by atoms with Crippen molar-refractivity contribution in [3.63, 3.8) is 0 Å². The van der Waals surface area contributed by atoms with Crippen molar-refractivity contribution in [1.82, 2.24) is 20.0 Å². The fraction of sp³-hybridized carbons (Fsp3) is 0. The average Bonchev–Trinajstić information content (AvgIpc) is 3.16. The van der Waals surface area contributed by atoms with Crippen molar-refractivity contribution in [2.75, 3.05) is 5.32 Å². The van der Waals surface area contributed by atoms with Crippen LogP contribution in [0.25, 0.3) is 16.6 Å². The molecule has 0 unspecified atom stereocenters.